The normalized spacial score (nSPS) is 21.7. The monoisotopic (exact) mass is 332 g/mol. The predicted molar refractivity (Wildman–Crippen MR) is 90.6 cm³/mol. The van der Waals surface area contributed by atoms with Gasteiger partial charge in [0.1, 0.15) is 0 Å². The van der Waals surface area contributed by atoms with Gasteiger partial charge in [-0.25, -0.2) is 4.79 Å². The van der Waals surface area contributed by atoms with Crippen LogP contribution in [0.1, 0.15) is 30.6 Å². The molecule has 0 bridgehead atoms. The van der Waals surface area contributed by atoms with Gasteiger partial charge in [-0.05, 0) is 44.0 Å². The van der Waals surface area contributed by atoms with E-state index in [1.54, 1.807) is 6.92 Å². The Morgan fingerprint density at radius 2 is 2.29 bits per heavy atom. The van der Waals surface area contributed by atoms with Gasteiger partial charge in [-0.3, -0.25) is 4.90 Å². The maximum Gasteiger partial charge on any atom is 0.336 e. The molecule has 0 saturated carbocycles. The molecule has 0 aliphatic heterocycles. The summed E-state index contributed by atoms with van der Waals surface area (Å²) in [6, 6.07) is 5.70. The van der Waals surface area contributed by atoms with Crippen molar-refractivity contribution >= 4 is 16.9 Å². The molecule has 3 atom stereocenters. The van der Waals surface area contributed by atoms with Crippen LogP contribution in [0, 0.1) is 0 Å². The zero-order valence-electron chi connectivity index (χ0n) is 14.0. The minimum Gasteiger partial charge on any atom is -0.464 e. The van der Waals surface area contributed by atoms with Crippen LogP contribution in [-0.2, 0) is 16.0 Å². The number of aromatic amines is 1. The predicted octanol–water partition coefficient (Wildman–Crippen LogP) is 1.37. The van der Waals surface area contributed by atoms with E-state index in [0.29, 0.717) is 0 Å². The van der Waals surface area contributed by atoms with Gasteiger partial charge < -0.3 is 19.9 Å². The average Bonchev–Trinajstić information content (AvgIpc) is 2.91. The summed E-state index contributed by atoms with van der Waals surface area (Å²) in [6.45, 7) is 2.08. The highest BCUT2D eigenvalue weighted by atomic mass is 16.5. The molecular weight excluding hydrogens is 308 g/mol. The standard InChI is InChI=1S/C18H24N2O4/c1-3-24-18(23)15(21)10-20(2)14-8-7-11-9-19-13-6-4-5-12(16(11)13)17(14)22/h4-6,9,14-15,17,19,21-22H,3,7-8,10H2,1-2H3/t14-,15?,17-/m0/s1. The van der Waals surface area contributed by atoms with E-state index in [1.165, 1.54) is 5.56 Å². The number of nitrogens with one attached hydrogen (secondary N) is 1. The number of rotatable bonds is 5. The van der Waals surface area contributed by atoms with E-state index in [1.807, 2.05) is 36.3 Å². The highest BCUT2D eigenvalue weighted by molar-refractivity contribution is 5.87. The number of aryl methyl sites for hydroxylation is 1. The van der Waals surface area contributed by atoms with Crippen LogP contribution in [0.5, 0.6) is 0 Å². The fourth-order valence-corrected chi connectivity index (χ4v) is 3.58. The van der Waals surface area contributed by atoms with Crippen LogP contribution in [0.3, 0.4) is 0 Å². The molecule has 6 nitrogen and oxygen atoms in total. The van der Waals surface area contributed by atoms with E-state index in [0.717, 1.165) is 29.3 Å². The lowest BCUT2D eigenvalue weighted by molar-refractivity contribution is -0.154. The average molecular weight is 332 g/mol. The Labute approximate surface area is 141 Å². The van der Waals surface area contributed by atoms with Gasteiger partial charge in [0, 0.05) is 29.7 Å². The van der Waals surface area contributed by atoms with Crippen LogP contribution in [0.4, 0.5) is 0 Å². The number of carbonyl (C=O) groups excluding carboxylic acids is 1. The van der Waals surface area contributed by atoms with E-state index in [4.69, 9.17) is 4.74 Å². The third-order valence-electron chi connectivity index (χ3n) is 4.80. The second kappa shape index (κ2) is 6.93. The van der Waals surface area contributed by atoms with Gasteiger partial charge in [0.25, 0.3) is 0 Å². The van der Waals surface area contributed by atoms with Gasteiger partial charge >= 0.3 is 5.97 Å². The third kappa shape index (κ3) is 3.05. The zero-order chi connectivity index (χ0) is 17.3. The largest absolute Gasteiger partial charge is 0.464 e. The number of aromatic nitrogens is 1. The Kier molecular flexibility index (Phi) is 4.89. The molecule has 0 radical (unpaired) electrons. The molecular formula is C18H24N2O4. The van der Waals surface area contributed by atoms with Crippen molar-refractivity contribution in [3.63, 3.8) is 0 Å². The summed E-state index contributed by atoms with van der Waals surface area (Å²) < 4.78 is 4.85. The molecule has 0 fully saturated rings. The van der Waals surface area contributed by atoms with Crippen LogP contribution in [0.2, 0.25) is 0 Å². The number of ether oxygens (including phenoxy) is 1. The quantitative estimate of drug-likeness (QED) is 0.720. The Morgan fingerprint density at radius 1 is 1.50 bits per heavy atom. The van der Waals surface area contributed by atoms with Crippen molar-refractivity contribution in [3.05, 3.63) is 35.5 Å². The van der Waals surface area contributed by atoms with Crippen molar-refractivity contribution in [2.75, 3.05) is 20.2 Å². The maximum atomic E-state index is 11.6. The molecule has 2 aromatic rings. The van der Waals surface area contributed by atoms with Gasteiger partial charge in [-0.15, -0.1) is 0 Å². The lowest BCUT2D eigenvalue weighted by Gasteiger charge is -2.32. The topological polar surface area (TPSA) is 85.8 Å². The SMILES string of the molecule is CCOC(=O)C(O)CN(C)[C@H]1CCc2c[nH]c3cccc(c23)[C@@H]1O. The van der Waals surface area contributed by atoms with Crippen molar-refractivity contribution in [1.82, 2.24) is 9.88 Å². The lowest BCUT2D eigenvalue weighted by Crippen LogP contribution is -2.43. The maximum absolute atomic E-state index is 11.6. The molecule has 1 aromatic carbocycles. The number of carbonyl (C=O) groups is 1. The van der Waals surface area contributed by atoms with Crippen LogP contribution < -0.4 is 0 Å². The number of hydrogen-bond acceptors (Lipinski definition) is 5. The number of benzene rings is 1. The molecule has 1 aromatic heterocycles. The van der Waals surface area contributed by atoms with Crippen LogP contribution in [-0.4, -0.2) is 58.4 Å². The highest BCUT2D eigenvalue weighted by Gasteiger charge is 2.32. The highest BCUT2D eigenvalue weighted by Crippen LogP contribution is 2.35. The molecule has 1 unspecified atom stereocenters. The molecule has 24 heavy (non-hydrogen) atoms. The molecule has 130 valence electrons. The van der Waals surface area contributed by atoms with E-state index in [9.17, 15) is 15.0 Å². The van der Waals surface area contributed by atoms with Gasteiger partial charge in [-0.2, -0.15) is 0 Å². The van der Waals surface area contributed by atoms with Gasteiger partial charge in [0.2, 0.25) is 0 Å². The van der Waals surface area contributed by atoms with E-state index in [-0.39, 0.29) is 19.2 Å². The van der Waals surface area contributed by atoms with Crippen molar-refractivity contribution in [3.8, 4) is 0 Å². The molecule has 0 amide bonds. The van der Waals surface area contributed by atoms with Crippen molar-refractivity contribution in [2.24, 2.45) is 0 Å². The van der Waals surface area contributed by atoms with Gasteiger partial charge in [0.15, 0.2) is 6.10 Å². The summed E-state index contributed by atoms with van der Waals surface area (Å²) >= 11 is 0. The van der Waals surface area contributed by atoms with E-state index in [2.05, 4.69) is 4.98 Å². The summed E-state index contributed by atoms with van der Waals surface area (Å²) in [5.74, 6) is -0.624. The molecule has 3 rings (SSSR count). The van der Waals surface area contributed by atoms with Crippen molar-refractivity contribution in [2.45, 2.75) is 38.0 Å². The summed E-state index contributed by atoms with van der Waals surface area (Å²) in [5.41, 5.74) is 3.11. The fourth-order valence-electron chi connectivity index (χ4n) is 3.58. The van der Waals surface area contributed by atoms with Crippen molar-refractivity contribution in [1.29, 1.82) is 0 Å². The number of aliphatic hydroxyl groups is 2. The van der Waals surface area contributed by atoms with Crippen LogP contribution in [0.25, 0.3) is 10.9 Å². The summed E-state index contributed by atoms with van der Waals surface area (Å²) in [7, 11) is 1.82. The number of hydrogen-bond donors (Lipinski definition) is 3. The number of H-pyrrole nitrogens is 1. The minimum atomic E-state index is -1.21. The summed E-state index contributed by atoms with van der Waals surface area (Å²) in [4.78, 5) is 16.7. The smallest absolute Gasteiger partial charge is 0.336 e. The number of esters is 1. The Hall–Kier alpha value is -1.89. The van der Waals surface area contributed by atoms with Gasteiger partial charge in [0.05, 0.1) is 12.7 Å². The molecule has 1 aliphatic carbocycles. The molecule has 0 saturated heterocycles. The van der Waals surface area contributed by atoms with E-state index < -0.39 is 18.2 Å². The first-order valence-electron chi connectivity index (χ1n) is 8.34. The van der Waals surface area contributed by atoms with Gasteiger partial charge in [-0.1, -0.05) is 12.1 Å². The molecule has 1 heterocycles. The second-order valence-corrected chi connectivity index (χ2v) is 6.34. The fraction of sp³-hybridized carbons (Fsp3) is 0.500. The Balaban J connectivity index is 1.80. The number of nitrogens with zero attached hydrogens (tertiary/aromatic N) is 1. The third-order valence-corrected chi connectivity index (χ3v) is 4.80. The first-order chi connectivity index (χ1) is 11.5. The molecule has 3 N–H and O–H groups in total. The van der Waals surface area contributed by atoms with Crippen molar-refractivity contribution < 1.29 is 19.7 Å². The Bertz CT molecular complexity index is 727. The van der Waals surface area contributed by atoms with E-state index >= 15 is 0 Å². The first kappa shape index (κ1) is 17.0. The minimum absolute atomic E-state index is 0.132. The Morgan fingerprint density at radius 3 is 3.04 bits per heavy atom. The summed E-state index contributed by atoms with van der Waals surface area (Å²) in [5, 5.41) is 22.0. The first-order valence-corrected chi connectivity index (χ1v) is 8.34. The summed E-state index contributed by atoms with van der Waals surface area (Å²) in [6.07, 6.45) is 1.69. The van der Waals surface area contributed by atoms with Crippen LogP contribution >= 0.6 is 0 Å². The lowest BCUT2D eigenvalue weighted by atomic mass is 9.98. The molecule has 1 aliphatic rings. The van der Waals surface area contributed by atoms with Crippen LogP contribution in [0.15, 0.2) is 24.4 Å². The second-order valence-electron chi connectivity index (χ2n) is 6.34. The zero-order valence-corrected chi connectivity index (χ0v) is 14.0. The number of aliphatic hydroxyl groups excluding tert-OH is 2. The molecule has 0 spiro atoms. The molecule has 6 heteroatoms. The number of likely N-dealkylation sites (N-methyl/N-ethyl adjacent to an activating group) is 1.